The lowest BCUT2D eigenvalue weighted by atomic mass is 9.88. The molecule has 1 aromatic carbocycles. The van der Waals surface area contributed by atoms with Crippen molar-refractivity contribution in [2.45, 2.75) is 85.4 Å². The number of rotatable bonds is 9. The molecule has 1 fully saturated rings. The minimum atomic E-state index is -1.58. The first-order chi connectivity index (χ1) is 20.1. The van der Waals surface area contributed by atoms with E-state index in [4.69, 9.17) is 32.8 Å². The summed E-state index contributed by atoms with van der Waals surface area (Å²) in [6, 6.07) is 2.52. The Morgan fingerprint density at radius 2 is 1.35 bits per heavy atom. The second kappa shape index (κ2) is 13.6. The van der Waals surface area contributed by atoms with E-state index >= 15 is 0 Å². The van der Waals surface area contributed by atoms with Gasteiger partial charge < -0.3 is 32.8 Å². The molecule has 0 amide bonds. The van der Waals surface area contributed by atoms with Crippen molar-refractivity contribution in [2.75, 3.05) is 6.61 Å². The Morgan fingerprint density at radius 1 is 0.767 bits per heavy atom. The van der Waals surface area contributed by atoms with E-state index in [1.165, 1.54) is 13.0 Å². The fourth-order valence-electron chi connectivity index (χ4n) is 4.87. The third-order valence-corrected chi connectivity index (χ3v) is 6.20. The van der Waals surface area contributed by atoms with E-state index in [2.05, 4.69) is 0 Å². The first-order valence-electron chi connectivity index (χ1n) is 13.2. The molecule has 5 atom stereocenters. The zero-order valence-electron chi connectivity index (χ0n) is 24.7. The molecule has 43 heavy (non-hydrogen) atoms. The Labute approximate surface area is 245 Å². The number of esters is 5. The fourth-order valence-corrected chi connectivity index (χ4v) is 4.87. The van der Waals surface area contributed by atoms with Crippen molar-refractivity contribution >= 4 is 46.6 Å². The van der Waals surface area contributed by atoms with Gasteiger partial charge in [-0.3, -0.25) is 33.6 Å². The summed E-state index contributed by atoms with van der Waals surface area (Å²) in [6.45, 7) is 7.82. The summed E-state index contributed by atoms with van der Waals surface area (Å²) in [6.07, 6.45) is -7.69. The second-order valence-corrected chi connectivity index (χ2v) is 9.98. The van der Waals surface area contributed by atoms with E-state index in [0.717, 1.165) is 40.7 Å². The number of hydrogen-bond donors (Lipinski definition) is 0. The molecule has 14 nitrogen and oxygen atoms in total. The van der Waals surface area contributed by atoms with Crippen LogP contribution in [0.3, 0.4) is 0 Å². The van der Waals surface area contributed by atoms with Gasteiger partial charge in [0.05, 0.1) is 17.4 Å². The van der Waals surface area contributed by atoms with Crippen LogP contribution in [0.1, 0.15) is 64.5 Å². The third-order valence-electron chi connectivity index (χ3n) is 6.20. The van der Waals surface area contributed by atoms with Crippen molar-refractivity contribution < 1.29 is 61.6 Å². The van der Waals surface area contributed by atoms with Crippen LogP contribution in [0.5, 0.6) is 5.75 Å². The van der Waals surface area contributed by atoms with E-state index in [-0.39, 0.29) is 40.2 Å². The predicted octanol–water partition coefficient (Wildman–Crippen LogP) is 1.96. The fraction of sp³-hybridized carbons (Fsp3) is 0.483. The highest BCUT2D eigenvalue weighted by atomic mass is 16.7. The first kappa shape index (κ1) is 32.9. The van der Waals surface area contributed by atoms with Gasteiger partial charge in [0.2, 0.25) is 0 Å². The average Bonchev–Trinajstić information content (AvgIpc) is 2.84. The number of hydrogen-bond acceptors (Lipinski definition) is 14. The molecule has 14 heteroatoms. The molecule has 2 aromatic rings. The Hall–Kier alpha value is -4.59. The lowest BCUT2D eigenvalue weighted by Gasteiger charge is -2.44. The highest BCUT2D eigenvalue weighted by Gasteiger charge is 2.54. The topological polar surface area (TPSA) is 188 Å². The maximum atomic E-state index is 13.3. The maximum Gasteiger partial charge on any atom is 0.308 e. The summed E-state index contributed by atoms with van der Waals surface area (Å²) in [5, 5.41) is 0.0334. The van der Waals surface area contributed by atoms with E-state index < -0.39 is 72.4 Å². The van der Waals surface area contributed by atoms with Crippen molar-refractivity contribution in [3.63, 3.8) is 0 Å². The molecule has 0 N–H and O–H groups in total. The van der Waals surface area contributed by atoms with Gasteiger partial charge in [0.15, 0.2) is 23.7 Å². The Bertz CT molecular complexity index is 1520. The van der Waals surface area contributed by atoms with Crippen LogP contribution in [0.15, 0.2) is 21.3 Å². The number of ether oxygens (including phenoxy) is 6. The molecule has 3 rings (SSSR count). The van der Waals surface area contributed by atoms with E-state index in [0.29, 0.717) is 5.56 Å². The van der Waals surface area contributed by atoms with Crippen LogP contribution in [0.2, 0.25) is 0 Å². The van der Waals surface area contributed by atoms with Crippen LogP contribution in [-0.2, 0) is 58.9 Å². The Kier molecular flexibility index (Phi) is 10.4. The van der Waals surface area contributed by atoms with Crippen LogP contribution in [-0.4, -0.2) is 66.7 Å². The number of Topliss-reactive ketones (excluding diaryl/α,β-unsaturated/α-hetero) is 1. The van der Waals surface area contributed by atoms with Gasteiger partial charge in [-0.05, 0) is 25.5 Å². The molecule has 2 heterocycles. The quantitative estimate of drug-likeness (QED) is 0.229. The predicted molar refractivity (Wildman–Crippen MR) is 144 cm³/mol. The van der Waals surface area contributed by atoms with E-state index in [1.54, 1.807) is 6.92 Å². The van der Waals surface area contributed by atoms with Crippen molar-refractivity contribution in [3.8, 4) is 5.75 Å². The summed E-state index contributed by atoms with van der Waals surface area (Å²) < 4.78 is 39.4. The molecule has 232 valence electrons. The van der Waals surface area contributed by atoms with E-state index in [1.807, 2.05) is 0 Å². The Balaban J connectivity index is 2.43. The molecular weight excluding hydrogens is 572 g/mol. The zero-order valence-corrected chi connectivity index (χ0v) is 24.7. The van der Waals surface area contributed by atoms with Gasteiger partial charge in [-0.15, -0.1) is 0 Å². The standard InChI is InChI=1S/C29H32O14/c1-12-8-21(38-15(4)32)24(26-23(12)20(36)10-19(42-26)9-13(2)30)27-29(41-18(7)35)28(40-17(6)34)25(39-16(5)33)22(43-27)11-37-14(3)31/h8,10,22,25,27-29H,9,11H2,1-7H3/t22-,25-,27+,28+,29+/m1/s1. The molecule has 0 radical (unpaired) electrons. The van der Waals surface area contributed by atoms with Crippen molar-refractivity contribution in [1.82, 2.24) is 0 Å². The lowest BCUT2D eigenvalue weighted by molar-refractivity contribution is -0.254. The number of aryl methyl sites for hydroxylation is 1. The van der Waals surface area contributed by atoms with Gasteiger partial charge in [-0.25, -0.2) is 0 Å². The van der Waals surface area contributed by atoms with Gasteiger partial charge in [-0.2, -0.15) is 0 Å². The number of benzene rings is 1. The van der Waals surface area contributed by atoms with Crippen LogP contribution < -0.4 is 10.2 Å². The summed E-state index contributed by atoms with van der Waals surface area (Å²) in [5.74, 6) is -4.51. The third kappa shape index (κ3) is 8.03. The maximum absolute atomic E-state index is 13.3. The van der Waals surface area contributed by atoms with Crippen LogP contribution in [0.25, 0.3) is 11.0 Å². The van der Waals surface area contributed by atoms with Crippen molar-refractivity contribution in [1.29, 1.82) is 0 Å². The molecular formula is C29H32O14. The summed E-state index contributed by atoms with van der Waals surface area (Å²) in [4.78, 5) is 85.8. The highest BCUT2D eigenvalue weighted by Crippen LogP contribution is 2.44. The first-order valence-corrected chi connectivity index (χ1v) is 13.2. The zero-order chi connectivity index (χ0) is 32.2. The van der Waals surface area contributed by atoms with Crippen LogP contribution in [0, 0.1) is 6.92 Å². The smallest absolute Gasteiger partial charge is 0.308 e. The average molecular weight is 605 g/mol. The van der Waals surface area contributed by atoms with E-state index in [9.17, 15) is 33.6 Å². The van der Waals surface area contributed by atoms with Gasteiger partial charge >= 0.3 is 29.8 Å². The monoisotopic (exact) mass is 604 g/mol. The van der Waals surface area contributed by atoms with Gasteiger partial charge in [0, 0.05) is 40.7 Å². The number of carbonyl (C=O) groups excluding carboxylic acids is 6. The minimum absolute atomic E-state index is 0.0174. The van der Waals surface area contributed by atoms with Gasteiger partial charge in [0.25, 0.3) is 0 Å². The van der Waals surface area contributed by atoms with Crippen molar-refractivity contribution in [3.05, 3.63) is 39.2 Å². The number of fused-ring (bicyclic) bond motifs is 1. The minimum Gasteiger partial charge on any atom is -0.463 e. The Morgan fingerprint density at radius 3 is 1.88 bits per heavy atom. The number of ketones is 1. The van der Waals surface area contributed by atoms with Crippen LogP contribution in [0.4, 0.5) is 0 Å². The SMILES string of the molecule is CC(=O)Cc1cc(=O)c2c(C)cc(OC(C)=O)c([C@@H]3O[C@H](COC(C)=O)[C@@H](OC(C)=O)[C@H](OC(C)=O)[C@H]3OC(C)=O)c2o1. The van der Waals surface area contributed by atoms with Crippen LogP contribution >= 0.6 is 0 Å². The molecule has 0 bridgehead atoms. The molecule has 0 aliphatic carbocycles. The molecule has 0 unspecified atom stereocenters. The number of carbonyl (C=O) groups is 6. The lowest BCUT2D eigenvalue weighted by Crippen LogP contribution is -2.59. The molecule has 1 aliphatic rings. The largest absolute Gasteiger partial charge is 0.463 e. The molecule has 1 aromatic heterocycles. The normalized spacial score (nSPS) is 21.4. The summed E-state index contributed by atoms with van der Waals surface area (Å²) in [5.41, 5.74) is -0.475. The molecule has 0 spiro atoms. The van der Waals surface area contributed by atoms with Crippen molar-refractivity contribution in [2.24, 2.45) is 0 Å². The molecule has 0 saturated carbocycles. The summed E-state index contributed by atoms with van der Waals surface area (Å²) in [7, 11) is 0. The molecule has 1 saturated heterocycles. The molecule has 1 aliphatic heterocycles. The second-order valence-electron chi connectivity index (χ2n) is 9.98. The van der Waals surface area contributed by atoms with Gasteiger partial charge in [-0.1, -0.05) is 0 Å². The highest BCUT2D eigenvalue weighted by molar-refractivity contribution is 5.88. The summed E-state index contributed by atoms with van der Waals surface area (Å²) >= 11 is 0. The van der Waals surface area contributed by atoms with Gasteiger partial charge in [0.1, 0.15) is 41.7 Å².